The molecule has 2 rings (SSSR count). The van der Waals surface area contributed by atoms with Crippen molar-refractivity contribution in [2.24, 2.45) is 0 Å². The van der Waals surface area contributed by atoms with Crippen molar-refractivity contribution in [3.8, 4) is 0 Å². The topological polar surface area (TPSA) is 63.8 Å². The zero-order valence-electron chi connectivity index (χ0n) is 10.4. The Hall–Kier alpha value is -1.44. The largest absolute Gasteiger partial charge is 0.387 e. The van der Waals surface area contributed by atoms with E-state index in [9.17, 15) is 9.50 Å². The van der Waals surface area contributed by atoms with Gasteiger partial charge in [0.1, 0.15) is 5.82 Å². The molecule has 0 aliphatic rings. The number of rotatable bonds is 6. The zero-order valence-corrected chi connectivity index (χ0v) is 12.0. The molecule has 1 heterocycles. The van der Waals surface area contributed by atoms with Crippen LogP contribution in [0, 0.1) is 5.82 Å². The van der Waals surface area contributed by atoms with Gasteiger partial charge in [0.15, 0.2) is 0 Å². The molecule has 0 saturated heterocycles. The number of tetrazole rings is 1. The average Bonchev–Trinajstić information content (AvgIpc) is 2.84. The third-order valence-electron chi connectivity index (χ3n) is 2.49. The summed E-state index contributed by atoms with van der Waals surface area (Å²) in [5.74, 6) is -0.128. The van der Waals surface area contributed by atoms with Crippen molar-refractivity contribution in [3.05, 3.63) is 47.3 Å². The van der Waals surface area contributed by atoms with Crippen LogP contribution in [-0.4, -0.2) is 31.1 Å². The van der Waals surface area contributed by atoms with E-state index in [1.165, 1.54) is 30.0 Å². The van der Waals surface area contributed by atoms with Gasteiger partial charge in [-0.1, -0.05) is 35.5 Å². The van der Waals surface area contributed by atoms with E-state index in [0.29, 0.717) is 23.0 Å². The van der Waals surface area contributed by atoms with E-state index in [2.05, 4.69) is 22.1 Å². The Morgan fingerprint density at radius 1 is 1.55 bits per heavy atom. The van der Waals surface area contributed by atoms with Crippen molar-refractivity contribution in [2.45, 2.75) is 17.8 Å². The fourth-order valence-corrected chi connectivity index (χ4v) is 2.69. The van der Waals surface area contributed by atoms with Crippen LogP contribution in [-0.2, 0) is 6.54 Å². The van der Waals surface area contributed by atoms with Crippen LogP contribution in [0.3, 0.4) is 0 Å². The Kier molecular flexibility index (Phi) is 5.11. The summed E-state index contributed by atoms with van der Waals surface area (Å²) in [6.45, 7) is 4.10. The molecular formula is C12H12ClFN4OS. The van der Waals surface area contributed by atoms with E-state index in [-0.39, 0.29) is 5.02 Å². The molecule has 1 aromatic heterocycles. The van der Waals surface area contributed by atoms with Crippen molar-refractivity contribution in [1.29, 1.82) is 0 Å². The molecule has 2 aromatic rings. The SMILES string of the molecule is C=CCn1nnnc1SC[C@@H](O)c1ccc(F)cc1Cl. The highest BCUT2D eigenvalue weighted by molar-refractivity contribution is 7.99. The van der Waals surface area contributed by atoms with Crippen molar-refractivity contribution in [3.63, 3.8) is 0 Å². The van der Waals surface area contributed by atoms with Gasteiger partial charge >= 0.3 is 0 Å². The monoisotopic (exact) mass is 314 g/mol. The smallest absolute Gasteiger partial charge is 0.209 e. The lowest BCUT2D eigenvalue weighted by Crippen LogP contribution is -2.05. The lowest BCUT2D eigenvalue weighted by molar-refractivity contribution is 0.204. The van der Waals surface area contributed by atoms with Gasteiger partial charge < -0.3 is 5.11 Å². The molecule has 0 bridgehead atoms. The van der Waals surface area contributed by atoms with Gasteiger partial charge in [-0.25, -0.2) is 9.07 Å². The van der Waals surface area contributed by atoms with Crippen LogP contribution in [0.15, 0.2) is 36.0 Å². The van der Waals surface area contributed by atoms with Gasteiger partial charge in [0.2, 0.25) is 5.16 Å². The molecule has 20 heavy (non-hydrogen) atoms. The summed E-state index contributed by atoms with van der Waals surface area (Å²) in [5, 5.41) is 22.1. The van der Waals surface area contributed by atoms with Crippen LogP contribution in [0.5, 0.6) is 0 Å². The van der Waals surface area contributed by atoms with E-state index >= 15 is 0 Å². The number of hydrogen-bond acceptors (Lipinski definition) is 5. The van der Waals surface area contributed by atoms with Crippen LogP contribution in [0.4, 0.5) is 4.39 Å². The number of nitrogens with zero attached hydrogens (tertiary/aromatic N) is 4. The van der Waals surface area contributed by atoms with Crippen LogP contribution >= 0.6 is 23.4 Å². The molecule has 0 unspecified atom stereocenters. The zero-order chi connectivity index (χ0) is 14.5. The van der Waals surface area contributed by atoms with E-state index in [1.807, 2.05) is 0 Å². The number of allylic oxidation sites excluding steroid dienone is 1. The molecule has 1 N–H and O–H groups in total. The third kappa shape index (κ3) is 3.56. The second kappa shape index (κ2) is 6.83. The van der Waals surface area contributed by atoms with Gasteiger partial charge in [0.25, 0.3) is 0 Å². The molecule has 5 nitrogen and oxygen atoms in total. The highest BCUT2D eigenvalue weighted by atomic mass is 35.5. The first-order valence-corrected chi connectivity index (χ1v) is 7.11. The summed E-state index contributed by atoms with van der Waals surface area (Å²) in [6.07, 6.45) is 0.843. The number of aliphatic hydroxyl groups is 1. The second-order valence-electron chi connectivity index (χ2n) is 3.92. The molecule has 0 aliphatic heterocycles. The molecule has 1 atom stereocenters. The highest BCUT2D eigenvalue weighted by Gasteiger charge is 2.15. The van der Waals surface area contributed by atoms with E-state index < -0.39 is 11.9 Å². The highest BCUT2D eigenvalue weighted by Crippen LogP contribution is 2.28. The van der Waals surface area contributed by atoms with E-state index in [0.717, 1.165) is 0 Å². The fraction of sp³-hybridized carbons (Fsp3) is 0.250. The fourth-order valence-electron chi connectivity index (χ4n) is 1.55. The lowest BCUT2D eigenvalue weighted by Gasteiger charge is -2.12. The normalized spacial score (nSPS) is 12.3. The molecule has 0 saturated carbocycles. The Balaban J connectivity index is 2.02. The molecule has 0 fully saturated rings. The Morgan fingerprint density at radius 3 is 3.05 bits per heavy atom. The quantitative estimate of drug-likeness (QED) is 0.655. The van der Waals surface area contributed by atoms with Crippen molar-refractivity contribution in [2.75, 3.05) is 5.75 Å². The molecule has 8 heteroatoms. The standard InChI is InChI=1S/C12H12ClFN4OS/c1-2-5-18-12(15-16-17-18)20-7-11(19)9-4-3-8(14)6-10(9)13/h2-4,6,11,19H,1,5,7H2/t11-/m1/s1. The summed E-state index contributed by atoms with van der Waals surface area (Å²) < 4.78 is 14.5. The maximum absolute atomic E-state index is 12.9. The molecule has 0 spiro atoms. The van der Waals surface area contributed by atoms with Crippen LogP contribution in [0.1, 0.15) is 11.7 Å². The van der Waals surface area contributed by atoms with Gasteiger partial charge in [0, 0.05) is 16.3 Å². The average molecular weight is 315 g/mol. The Labute approximate surface area is 124 Å². The van der Waals surface area contributed by atoms with Crippen LogP contribution in [0.2, 0.25) is 5.02 Å². The van der Waals surface area contributed by atoms with E-state index in [4.69, 9.17) is 11.6 Å². The van der Waals surface area contributed by atoms with Gasteiger partial charge in [-0.3, -0.25) is 0 Å². The molecule has 106 valence electrons. The summed E-state index contributed by atoms with van der Waals surface area (Å²) in [5.41, 5.74) is 0.475. The van der Waals surface area contributed by atoms with Gasteiger partial charge in [-0.15, -0.1) is 11.7 Å². The van der Waals surface area contributed by atoms with Gasteiger partial charge in [-0.2, -0.15) is 0 Å². The predicted molar refractivity (Wildman–Crippen MR) is 75.1 cm³/mol. The molecule has 0 aliphatic carbocycles. The first kappa shape index (κ1) is 15.0. The van der Waals surface area contributed by atoms with Gasteiger partial charge in [-0.05, 0) is 22.6 Å². The summed E-state index contributed by atoms with van der Waals surface area (Å²) in [7, 11) is 0. The second-order valence-corrected chi connectivity index (χ2v) is 5.32. The summed E-state index contributed by atoms with van der Waals surface area (Å²) in [6, 6.07) is 3.90. The first-order valence-electron chi connectivity index (χ1n) is 5.74. The number of aliphatic hydroxyl groups excluding tert-OH is 1. The van der Waals surface area contributed by atoms with Crippen molar-refractivity contribution in [1.82, 2.24) is 20.2 Å². The van der Waals surface area contributed by atoms with Crippen LogP contribution < -0.4 is 0 Å². The third-order valence-corrected chi connectivity index (χ3v) is 3.85. The molecule has 0 amide bonds. The molecular weight excluding hydrogens is 303 g/mol. The van der Waals surface area contributed by atoms with Crippen molar-refractivity contribution < 1.29 is 9.50 Å². The predicted octanol–water partition coefficient (Wildman–Crippen LogP) is 2.48. The molecule has 0 radical (unpaired) electrons. The number of thioether (sulfide) groups is 1. The number of aromatic nitrogens is 4. The maximum Gasteiger partial charge on any atom is 0.209 e. The number of halogens is 2. The minimum absolute atomic E-state index is 0.198. The van der Waals surface area contributed by atoms with E-state index in [1.54, 1.807) is 10.8 Å². The lowest BCUT2D eigenvalue weighted by atomic mass is 10.1. The summed E-state index contributed by atoms with van der Waals surface area (Å²) in [4.78, 5) is 0. The first-order chi connectivity index (χ1) is 9.61. The Morgan fingerprint density at radius 2 is 2.35 bits per heavy atom. The minimum Gasteiger partial charge on any atom is -0.387 e. The summed E-state index contributed by atoms with van der Waals surface area (Å²) >= 11 is 7.18. The minimum atomic E-state index is -0.831. The van der Waals surface area contributed by atoms with Gasteiger partial charge in [0.05, 0.1) is 12.6 Å². The van der Waals surface area contributed by atoms with Crippen molar-refractivity contribution >= 4 is 23.4 Å². The van der Waals surface area contributed by atoms with Crippen LogP contribution in [0.25, 0.3) is 0 Å². The number of hydrogen-bond donors (Lipinski definition) is 1. The molecule has 1 aromatic carbocycles. The Bertz CT molecular complexity index is 607. The maximum atomic E-state index is 12.9. The number of benzene rings is 1.